The highest BCUT2D eigenvalue weighted by atomic mass is 16.6. The quantitative estimate of drug-likeness (QED) is 0.571. The van der Waals surface area contributed by atoms with Crippen LogP contribution in [0.4, 0.5) is 0 Å². The normalized spacial score (nSPS) is 33.8. The Kier molecular flexibility index (Phi) is 2.59. The second-order valence-corrected chi connectivity index (χ2v) is 3.58. The van der Waals surface area contributed by atoms with Crippen LogP contribution < -0.4 is 0 Å². The van der Waals surface area contributed by atoms with Crippen LogP contribution in [-0.4, -0.2) is 24.6 Å². The Hall–Kier alpha value is -1.06. The van der Waals surface area contributed by atoms with Crippen LogP contribution in [0.3, 0.4) is 0 Å². The van der Waals surface area contributed by atoms with Gasteiger partial charge in [-0.25, -0.2) is 4.79 Å². The predicted molar refractivity (Wildman–Crippen MR) is 44.9 cm³/mol. The molecule has 0 aromatic carbocycles. The van der Waals surface area contributed by atoms with E-state index in [2.05, 4.69) is 4.74 Å². The molecule has 1 rings (SSSR count). The fraction of sp³-hybridized carbons (Fsp3) is 0.778. The van der Waals surface area contributed by atoms with Crippen molar-refractivity contribution in [2.75, 3.05) is 7.11 Å². The van der Waals surface area contributed by atoms with E-state index in [0.717, 1.165) is 0 Å². The first-order valence-electron chi connectivity index (χ1n) is 4.31. The average Bonchev–Trinajstić information content (AvgIpc) is 2.11. The summed E-state index contributed by atoms with van der Waals surface area (Å²) < 4.78 is 9.59. The lowest BCUT2D eigenvalue weighted by Gasteiger charge is -2.32. The third-order valence-electron chi connectivity index (χ3n) is 2.40. The van der Waals surface area contributed by atoms with E-state index in [1.165, 1.54) is 7.11 Å². The van der Waals surface area contributed by atoms with E-state index in [9.17, 15) is 9.59 Å². The second-order valence-electron chi connectivity index (χ2n) is 3.58. The highest BCUT2D eigenvalue weighted by Crippen LogP contribution is 2.29. The number of ether oxygens (including phenoxy) is 2. The largest absolute Gasteiger partial charge is 0.466 e. The lowest BCUT2D eigenvalue weighted by molar-refractivity contribution is -0.188. The van der Waals surface area contributed by atoms with Crippen molar-refractivity contribution in [2.45, 2.75) is 32.3 Å². The molecule has 1 saturated heterocycles. The Bertz CT molecular complexity index is 236. The summed E-state index contributed by atoms with van der Waals surface area (Å²) in [6.45, 7) is 3.38. The molecule has 1 fully saturated rings. The number of cyclic esters (lactones) is 1. The van der Waals surface area contributed by atoms with Gasteiger partial charge in [-0.3, -0.25) is 4.79 Å². The van der Waals surface area contributed by atoms with Gasteiger partial charge in [-0.05, 0) is 19.8 Å². The number of rotatable bonds is 1. The van der Waals surface area contributed by atoms with Crippen molar-refractivity contribution < 1.29 is 19.1 Å². The maximum atomic E-state index is 11.2. The lowest BCUT2D eigenvalue weighted by atomic mass is 9.91. The maximum Gasteiger partial charge on any atom is 0.350 e. The molecule has 0 bridgehead atoms. The molecule has 0 spiro atoms. The zero-order valence-electron chi connectivity index (χ0n) is 8.12. The van der Waals surface area contributed by atoms with Gasteiger partial charge in [-0.1, -0.05) is 6.92 Å². The molecule has 0 aromatic rings. The third kappa shape index (κ3) is 1.82. The zero-order chi connectivity index (χ0) is 10.1. The molecule has 0 N–H and O–H groups in total. The molecule has 1 heterocycles. The highest BCUT2D eigenvalue weighted by molar-refractivity contribution is 5.84. The van der Waals surface area contributed by atoms with Crippen molar-refractivity contribution in [1.29, 1.82) is 0 Å². The van der Waals surface area contributed by atoms with Crippen LogP contribution in [0.15, 0.2) is 0 Å². The number of esters is 2. The summed E-state index contributed by atoms with van der Waals surface area (Å²) in [6, 6.07) is 0. The summed E-state index contributed by atoms with van der Waals surface area (Å²) in [4.78, 5) is 22.4. The molecule has 0 aromatic heterocycles. The van der Waals surface area contributed by atoms with E-state index in [1.54, 1.807) is 13.8 Å². The van der Waals surface area contributed by atoms with Gasteiger partial charge in [0.05, 0.1) is 13.0 Å². The minimum atomic E-state index is -1.07. The molecule has 1 aliphatic heterocycles. The Balaban J connectivity index is 2.72. The Morgan fingerprint density at radius 3 is 2.77 bits per heavy atom. The minimum absolute atomic E-state index is 0.113. The molecular weight excluding hydrogens is 172 g/mol. The van der Waals surface area contributed by atoms with E-state index < -0.39 is 11.6 Å². The van der Waals surface area contributed by atoms with Crippen molar-refractivity contribution in [3.63, 3.8) is 0 Å². The van der Waals surface area contributed by atoms with Gasteiger partial charge in [0.15, 0.2) is 0 Å². The molecule has 1 aliphatic rings. The van der Waals surface area contributed by atoms with Crippen LogP contribution in [0.1, 0.15) is 26.7 Å². The van der Waals surface area contributed by atoms with Crippen molar-refractivity contribution in [3.8, 4) is 0 Å². The summed E-state index contributed by atoms with van der Waals surface area (Å²) in [5.74, 6) is -0.912. The number of methoxy groups -OCH3 is 1. The minimum Gasteiger partial charge on any atom is -0.466 e. The summed E-state index contributed by atoms with van der Waals surface area (Å²) in [5, 5.41) is 0. The van der Waals surface area contributed by atoms with Crippen LogP contribution >= 0.6 is 0 Å². The molecule has 0 amide bonds. The summed E-state index contributed by atoms with van der Waals surface area (Å²) in [5.41, 5.74) is -1.07. The Morgan fingerprint density at radius 1 is 1.69 bits per heavy atom. The van der Waals surface area contributed by atoms with Crippen LogP contribution in [0.2, 0.25) is 0 Å². The first-order chi connectivity index (χ1) is 5.99. The highest BCUT2D eigenvalue weighted by Gasteiger charge is 2.43. The molecule has 0 aliphatic carbocycles. The van der Waals surface area contributed by atoms with Crippen molar-refractivity contribution >= 4 is 11.9 Å². The van der Waals surface area contributed by atoms with Crippen LogP contribution in [-0.2, 0) is 19.1 Å². The standard InChI is InChI=1S/C9H14O4/c1-6-4-5-9(2,8(11)12-3)13-7(6)10/h6H,4-5H2,1-3H3/t6-,9+/m1/s1. The van der Waals surface area contributed by atoms with Crippen LogP contribution in [0, 0.1) is 5.92 Å². The lowest BCUT2D eigenvalue weighted by Crippen LogP contribution is -2.46. The molecule has 4 nitrogen and oxygen atoms in total. The molecule has 74 valence electrons. The van der Waals surface area contributed by atoms with E-state index in [1.807, 2.05) is 0 Å². The van der Waals surface area contributed by atoms with Crippen molar-refractivity contribution in [3.05, 3.63) is 0 Å². The molecule has 4 heteroatoms. The summed E-state index contributed by atoms with van der Waals surface area (Å²) in [6.07, 6.45) is 1.21. The molecular formula is C9H14O4. The predicted octanol–water partition coefficient (Wildman–Crippen LogP) is 0.891. The van der Waals surface area contributed by atoms with Gasteiger partial charge < -0.3 is 9.47 Å². The molecule has 0 radical (unpaired) electrons. The Labute approximate surface area is 77.2 Å². The average molecular weight is 186 g/mol. The van der Waals surface area contributed by atoms with Crippen molar-refractivity contribution in [1.82, 2.24) is 0 Å². The van der Waals surface area contributed by atoms with Crippen LogP contribution in [0.5, 0.6) is 0 Å². The van der Waals surface area contributed by atoms with Gasteiger partial charge in [0, 0.05) is 0 Å². The molecule has 13 heavy (non-hydrogen) atoms. The van der Waals surface area contributed by atoms with Crippen molar-refractivity contribution in [2.24, 2.45) is 5.92 Å². The van der Waals surface area contributed by atoms with Crippen LogP contribution in [0.25, 0.3) is 0 Å². The number of hydrogen-bond acceptors (Lipinski definition) is 4. The molecule has 2 atom stereocenters. The van der Waals surface area contributed by atoms with E-state index in [0.29, 0.717) is 12.8 Å². The third-order valence-corrected chi connectivity index (χ3v) is 2.40. The maximum absolute atomic E-state index is 11.2. The van der Waals surface area contributed by atoms with E-state index >= 15 is 0 Å². The van der Waals surface area contributed by atoms with Gasteiger partial charge >= 0.3 is 11.9 Å². The SMILES string of the molecule is COC(=O)[C@]1(C)CC[C@@H](C)C(=O)O1. The second kappa shape index (κ2) is 3.36. The smallest absolute Gasteiger partial charge is 0.350 e. The van der Waals surface area contributed by atoms with Gasteiger partial charge in [0.25, 0.3) is 0 Å². The number of carbonyl (C=O) groups is 2. The Morgan fingerprint density at radius 2 is 2.31 bits per heavy atom. The summed E-state index contributed by atoms with van der Waals surface area (Å²) in [7, 11) is 1.29. The fourth-order valence-electron chi connectivity index (χ4n) is 1.34. The first-order valence-corrected chi connectivity index (χ1v) is 4.31. The van der Waals surface area contributed by atoms with E-state index in [4.69, 9.17) is 4.74 Å². The van der Waals surface area contributed by atoms with Gasteiger partial charge in [0.2, 0.25) is 5.60 Å². The number of carbonyl (C=O) groups excluding carboxylic acids is 2. The first kappa shape index (κ1) is 10.0. The monoisotopic (exact) mass is 186 g/mol. The topological polar surface area (TPSA) is 52.6 Å². The molecule has 0 unspecified atom stereocenters. The van der Waals surface area contributed by atoms with Gasteiger partial charge in [-0.2, -0.15) is 0 Å². The van der Waals surface area contributed by atoms with Gasteiger partial charge in [0.1, 0.15) is 0 Å². The van der Waals surface area contributed by atoms with E-state index in [-0.39, 0.29) is 11.9 Å². The molecule has 0 saturated carbocycles. The summed E-state index contributed by atoms with van der Waals surface area (Å²) >= 11 is 0. The zero-order valence-corrected chi connectivity index (χ0v) is 8.12. The number of hydrogen-bond donors (Lipinski definition) is 0. The fourth-order valence-corrected chi connectivity index (χ4v) is 1.34. The van der Waals surface area contributed by atoms with Gasteiger partial charge in [-0.15, -0.1) is 0 Å².